The van der Waals surface area contributed by atoms with Gasteiger partial charge in [0, 0.05) is 51.9 Å². The molecule has 2 bridgehead atoms. The minimum atomic E-state index is -0.934. The maximum absolute atomic E-state index is 13.5. The third kappa shape index (κ3) is 6.33. The van der Waals surface area contributed by atoms with Gasteiger partial charge >= 0.3 is 6.09 Å². The number of nitriles is 1. The van der Waals surface area contributed by atoms with Crippen molar-refractivity contribution in [3.8, 4) is 6.07 Å². The average Bonchev–Trinajstić information content (AvgIpc) is 3.58. The van der Waals surface area contributed by atoms with Crippen LogP contribution in [0.5, 0.6) is 0 Å². The number of likely N-dealkylation sites (tertiary alicyclic amines) is 3. The quantitative estimate of drug-likeness (QED) is 0.559. The van der Waals surface area contributed by atoms with E-state index in [1.54, 1.807) is 47.0 Å². The van der Waals surface area contributed by atoms with Crippen LogP contribution < -0.4 is 5.32 Å². The fourth-order valence-electron chi connectivity index (χ4n) is 5.58. The molecule has 210 valence electrons. The van der Waals surface area contributed by atoms with E-state index in [0.29, 0.717) is 38.0 Å². The number of rotatable bonds is 7. The topological polar surface area (TPSA) is 126 Å². The molecule has 1 aromatic rings. The van der Waals surface area contributed by atoms with Gasteiger partial charge in [-0.1, -0.05) is 12.1 Å². The number of alkyl carbamates (subject to hydrolysis) is 1. The normalized spacial score (nSPS) is 23.5. The minimum absolute atomic E-state index is 0.0125. The number of ether oxygens (including phenoxy) is 1. The molecule has 4 amide bonds. The van der Waals surface area contributed by atoms with Gasteiger partial charge in [-0.2, -0.15) is 5.26 Å². The van der Waals surface area contributed by atoms with Crippen LogP contribution in [0.1, 0.15) is 56.0 Å². The molecule has 11 heteroatoms. The van der Waals surface area contributed by atoms with Crippen molar-refractivity contribution in [1.82, 2.24) is 24.9 Å². The molecule has 11 nitrogen and oxygen atoms in total. The SMILES string of the molecule is CN(C)C(=O)c1ccc(CN2C(=O)C3C[C@H]2CN3CC(NC(=O)OC(C)(C)C)C(=O)N2CCCC2C#N)cc1. The Morgan fingerprint density at radius 3 is 2.49 bits per heavy atom. The maximum Gasteiger partial charge on any atom is 0.408 e. The highest BCUT2D eigenvalue weighted by atomic mass is 16.6. The zero-order valence-corrected chi connectivity index (χ0v) is 23.3. The molecule has 0 aliphatic carbocycles. The molecule has 4 rings (SSSR count). The van der Waals surface area contributed by atoms with E-state index in [4.69, 9.17) is 4.74 Å². The standard InChI is InChI=1S/C28H38N6O5/c1-28(2,3)39-27(38)30-22(25(36)33-12-6-7-20(33)14-29)17-32-16-21-13-23(32)26(37)34(21)15-18-8-10-19(11-9-18)24(35)31(4)5/h8-11,20-23H,6-7,12-13,15-17H2,1-5H3,(H,30,38)/t20?,21-,22?,23?/m0/s1. The largest absolute Gasteiger partial charge is 0.444 e. The third-order valence-corrected chi connectivity index (χ3v) is 7.44. The second-order valence-corrected chi connectivity index (χ2v) is 11.7. The zero-order chi connectivity index (χ0) is 28.5. The van der Waals surface area contributed by atoms with Gasteiger partial charge in [-0.3, -0.25) is 19.3 Å². The van der Waals surface area contributed by atoms with Crippen molar-refractivity contribution < 1.29 is 23.9 Å². The number of hydrogen-bond acceptors (Lipinski definition) is 7. The molecule has 3 unspecified atom stereocenters. The lowest BCUT2D eigenvalue weighted by molar-refractivity contribution is -0.140. The number of carbonyl (C=O) groups is 4. The molecular weight excluding hydrogens is 500 g/mol. The third-order valence-electron chi connectivity index (χ3n) is 7.44. The van der Waals surface area contributed by atoms with Crippen LogP contribution in [0.3, 0.4) is 0 Å². The average molecular weight is 539 g/mol. The number of carbonyl (C=O) groups excluding carboxylic acids is 4. The highest BCUT2D eigenvalue weighted by molar-refractivity contribution is 5.94. The van der Waals surface area contributed by atoms with Crippen molar-refractivity contribution in [3.63, 3.8) is 0 Å². The van der Waals surface area contributed by atoms with Crippen LogP contribution in [-0.2, 0) is 20.9 Å². The van der Waals surface area contributed by atoms with Gasteiger partial charge in [-0.05, 0) is 57.7 Å². The molecule has 3 saturated heterocycles. The van der Waals surface area contributed by atoms with Gasteiger partial charge in [-0.15, -0.1) is 0 Å². The Hall–Kier alpha value is -3.65. The predicted octanol–water partition coefficient (Wildman–Crippen LogP) is 1.58. The summed E-state index contributed by atoms with van der Waals surface area (Å²) in [6, 6.07) is 7.61. The molecule has 39 heavy (non-hydrogen) atoms. The van der Waals surface area contributed by atoms with Crippen LogP contribution in [0.2, 0.25) is 0 Å². The van der Waals surface area contributed by atoms with E-state index < -0.39 is 23.8 Å². The summed E-state index contributed by atoms with van der Waals surface area (Å²) in [5.41, 5.74) is 0.796. The monoisotopic (exact) mass is 538 g/mol. The summed E-state index contributed by atoms with van der Waals surface area (Å²) in [5.74, 6) is -0.420. The van der Waals surface area contributed by atoms with Crippen molar-refractivity contribution in [2.24, 2.45) is 0 Å². The molecular formula is C28H38N6O5. The molecule has 1 aromatic carbocycles. The number of piperazine rings is 1. The summed E-state index contributed by atoms with van der Waals surface area (Å²) in [7, 11) is 3.41. The van der Waals surface area contributed by atoms with Crippen molar-refractivity contribution in [3.05, 3.63) is 35.4 Å². The summed E-state index contributed by atoms with van der Waals surface area (Å²) in [6.07, 6.45) is 1.28. The lowest BCUT2D eigenvalue weighted by Gasteiger charge is -2.36. The number of nitrogens with one attached hydrogen (secondary N) is 1. The lowest BCUT2D eigenvalue weighted by atomic mass is 10.1. The Labute approximate surface area is 229 Å². The Balaban J connectivity index is 1.43. The second-order valence-electron chi connectivity index (χ2n) is 11.7. The molecule has 0 spiro atoms. The molecule has 0 saturated carbocycles. The smallest absolute Gasteiger partial charge is 0.408 e. The van der Waals surface area contributed by atoms with Gasteiger partial charge in [0.05, 0.1) is 12.1 Å². The highest BCUT2D eigenvalue weighted by Crippen LogP contribution is 2.33. The van der Waals surface area contributed by atoms with E-state index in [-0.39, 0.29) is 36.3 Å². The summed E-state index contributed by atoms with van der Waals surface area (Å²) >= 11 is 0. The summed E-state index contributed by atoms with van der Waals surface area (Å²) < 4.78 is 5.40. The first kappa shape index (κ1) is 28.4. The van der Waals surface area contributed by atoms with E-state index in [9.17, 15) is 24.4 Å². The Morgan fingerprint density at radius 1 is 1.21 bits per heavy atom. The van der Waals surface area contributed by atoms with Gasteiger partial charge in [0.2, 0.25) is 11.8 Å². The lowest BCUT2D eigenvalue weighted by Crippen LogP contribution is -2.58. The van der Waals surface area contributed by atoms with E-state index >= 15 is 0 Å². The Bertz CT molecular complexity index is 1150. The van der Waals surface area contributed by atoms with E-state index in [1.807, 2.05) is 21.9 Å². The van der Waals surface area contributed by atoms with Crippen molar-refractivity contribution in [2.45, 2.75) is 76.3 Å². The minimum Gasteiger partial charge on any atom is -0.444 e. The highest BCUT2D eigenvalue weighted by Gasteiger charge is 2.50. The molecule has 1 N–H and O–H groups in total. The maximum atomic E-state index is 13.5. The van der Waals surface area contributed by atoms with Crippen LogP contribution >= 0.6 is 0 Å². The van der Waals surface area contributed by atoms with E-state index in [1.165, 1.54) is 9.80 Å². The van der Waals surface area contributed by atoms with Gasteiger partial charge in [0.1, 0.15) is 17.7 Å². The first-order chi connectivity index (χ1) is 18.4. The fraction of sp³-hybridized carbons (Fsp3) is 0.607. The zero-order valence-electron chi connectivity index (χ0n) is 23.3. The predicted molar refractivity (Wildman–Crippen MR) is 142 cm³/mol. The number of hydrogen-bond donors (Lipinski definition) is 1. The van der Waals surface area contributed by atoms with Gasteiger partial charge in [0.25, 0.3) is 5.91 Å². The number of amides is 4. The van der Waals surface area contributed by atoms with Crippen LogP contribution in [0, 0.1) is 11.3 Å². The van der Waals surface area contributed by atoms with Crippen LogP contribution in [0.15, 0.2) is 24.3 Å². The number of benzene rings is 1. The Morgan fingerprint density at radius 2 is 1.90 bits per heavy atom. The Kier molecular flexibility index (Phi) is 8.16. The van der Waals surface area contributed by atoms with Crippen LogP contribution in [0.25, 0.3) is 0 Å². The molecule has 3 heterocycles. The summed E-state index contributed by atoms with van der Waals surface area (Å²) in [6.45, 7) is 6.88. The summed E-state index contributed by atoms with van der Waals surface area (Å²) in [4.78, 5) is 58.4. The number of fused-ring (bicyclic) bond motifs is 2. The molecule has 3 aliphatic heterocycles. The van der Waals surface area contributed by atoms with Crippen molar-refractivity contribution >= 4 is 23.8 Å². The number of nitrogens with zero attached hydrogens (tertiary/aromatic N) is 5. The van der Waals surface area contributed by atoms with Gasteiger partial charge < -0.3 is 24.8 Å². The first-order valence-corrected chi connectivity index (χ1v) is 13.4. The van der Waals surface area contributed by atoms with E-state index in [2.05, 4.69) is 11.4 Å². The molecule has 3 aliphatic rings. The van der Waals surface area contributed by atoms with E-state index in [0.717, 1.165) is 12.0 Å². The fourth-order valence-corrected chi connectivity index (χ4v) is 5.58. The van der Waals surface area contributed by atoms with Crippen LogP contribution in [0.4, 0.5) is 4.79 Å². The molecule has 0 aromatic heterocycles. The summed E-state index contributed by atoms with van der Waals surface area (Å²) in [5, 5.41) is 12.2. The molecule has 0 radical (unpaired) electrons. The molecule has 4 atom stereocenters. The molecule has 3 fully saturated rings. The van der Waals surface area contributed by atoms with Crippen LogP contribution in [-0.4, -0.2) is 107 Å². The first-order valence-electron chi connectivity index (χ1n) is 13.4. The van der Waals surface area contributed by atoms with Gasteiger partial charge in [-0.25, -0.2) is 4.79 Å². The second kappa shape index (κ2) is 11.2. The van der Waals surface area contributed by atoms with Gasteiger partial charge in [0.15, 0.2) is 0 Å². The van der Waals surface area contributed by atoms with Crippen molar-refractivity contribution in [2.75, 3.05) is 33.7 Å². The van der Waals surface area contributed by atoms with Crippen molar-refractivity contribution in [1.29, 1.82) is 5.26 Å².